The Morgan fingerprint density at radius 2 is 2.08 bits per heavy atom. The summed E-state index contributed by atoms with van der Waals surface area (Å²) in [5, 5.41) is 9.96. The first-order valence-electron chi connectivity index (χ1n) is 9.13. The van der Waals surface area contributed by atoms with Crippen LogP contribution in [0.5, 0.6) is 0 Å². The van der Waals surface area contributed by atoms with Crippen LogP contribution >= 0.6 is 11.3 Å². The van der Waals surface area contributed by atoms with E-state index in [2.05, 4.69) is 9.88 Å². The van der Waals surface area contributed by atoms with Crippen LogP contribution in [0.15, 0.2) is 5.51 Å². The Bertz CT molecular complexity index is 685. The van der Waals surface area contributed by atoms with Crippen LogP contribution in [0.4, 0.5) is 0 Å². The van der Waals surface area contributed by atoms with Gasteiger partial charge in [0.15, 0.2) is 0 Å². The molecule has 1 aromatic rings. The lowest BCUT2D eigenvalue weighted by Crippen LogP contribution is -2.42. The highest BCUT2D eigenvalue weighted by atomic mass is 32.1. The van der Waals surface area contributed by atoms with Gasteiger partial charge in [-0.3, -0.25) is 14.5 Å². The maximum absolute atomic E-state index is 12.7. The minimum absolute atomic E-state index is 0.0311. The van der Waals surface area contributed by atoms with E-state index in [9.17, 15) is 14.7 Å². The minimum atomic E-state index is -0.799. The summed E-state index contributed by atoms with van der Waals surface area (Å²) in [7, 11) is 0. The molecule has 2 atom stereocenters. The van der Waals surface area contributed by atoms with Gasteiger partial charge in [-0.15, -0.1) is 11.3 Å². The minimum Gasteiger partial charge on any atom is -0.481 e. The Labute approximate surface area is 151 Å². The Morgan fingerprint density at radius 3 is 2.68 bits per heavy atom. The number of aliphatic carboxylic acids is 1. The van der Waals surface area contributed by atoms with Gasteiger partial charge in [-0.2, -0.15) is 0 Å². The molecule has 7 heteroatoms. The molecular weight excluding hydrogens is 338 g/mol. The smallest absolute Gasteiger partial charge is 0.313 e. The molecule has 0 spiro atoms. The normalized spacial score (nSPS) is 30.1. The third kappa shape index (κ3) is 2.87. The van der Waals surface area contributed by atoms with E-state index in [1.54, 1.807) is 11.3 Å². The fraction of sp³-hybridized carbons (Fsp3) is 0.722. The van der Waals surface area contributed by atoms with E-state index in [1.807, 2.05) is 17.3 Å². The number of fused-ring (bicyclic) bond motifs is 1. The van der Waals surface area contributed by atoms with Crippen molar-refractivity contribution in [1.29, 1.82) is 0 Å². The molecule has 1 aromatic heterocycles. The first-order chi connectivity index (χ1) is 12.0. The van der Waals surface area contributed by atoms with Crippen LogP contribution < -0.4 is 0 Å². The Morgan fingerprint density at radius 1 is 1.32 bits per heavy atom. The van der Waals surface area contributed by atoms with E-state index < -0.39 is 11.4 Å². The fourth-order valence-corrected chi connectivity index (χ4v) is 5.69. The second-order valence-corrected chi connectivity index (χ2v) is 8.83. The van der Waals surface area contributed by atoms with Crippen molar-refractivity contribution in [2.75, 3.05) is 26.2 Å². The van der Waals surface area contributed by atoms with Gasteiger partial charge in [0.05, 0.1) is 11.2 Å². The molecule has 1 N–H and O–H groups in total. The van der Waals surface area contributed by atoms with Gasteiger partial charge in [-0.1, -0.05) is 12.8 Å². The molecule has 6 nitrogen and oxygen atoms in total. The van der Waals surface area contributed by atoms with E-state index in [-0.39, 0.29) is 17.7 Å². The molecule has 0 radical (unpaired) electrons. The van der Waals surface area contributed by atoms with Gasteiger partial charge in [0.1, 0.15) is 5.41 Å². The number of carbonyl (C=O) groups is 2. The standard InChI is InChI=1S/C18H25N3O3S/c1-12-15(25-11-19-12)8-20-6-14-7-21(10-18(14,9-20)17(23)24)16(22)13-4-2-3-5-13/h11,13-14H,2-10H2,1H3,(H,23,24)/t14-,18-/m0/s1. The molecule has 3 heterocycles. The van der Waals surface area contributed by atoms with Gasteiger partial charge in [0.2, 0.25) is 5.91 Å². The predicted molar refractivity (Wildman–Crippen MR) is 94.2 cm³/mol. The van der Waals surface area contributed by atoms with Gasteiger partial charge in [-0.25, -0.2) is 4.98 Å². The number of likely N-dealkylation sites (tertiary alicyclic amines) is 2. The van der Waals surface area contributed by atoms with Crippen LogP contribution in [0.3, 0.4) is 0 Å². The van der Waals surface area contributed by atoms with Crippen LogP contribution in [0.2, 0.25) is 0 Å². The molecule has 3 aliphatic rings. The molecule has 0 aromatic carbocycles. The van der Waals surface area contributed by atoms with Crippen LogP contribution in [-0.2, 0) is 16.1 Å². The molecule has 1 amide bonds. The second-order valence-electron chi connectivity index (χ2n) is 7.89. The number of hydrogen-bond acceptors (Lipinski definition) is 5. The lowest BCUT2D eigenvalue weighted by atomic mass is 9.81. The third-order valence-corrected chi connectivity index (χ3v) is 7.25. The predicted octanol–water partition coefficient (Wildman–Crippen LogP) is 1.99. The molecule has 3 fully saturated rings. The summed E-state index contributed by atoms with van der Waals surface area (Å²) in [6, 6.07) is 0. The quantitative estimate of drug-likeness (QED) is 0.886. The second kappa shape index (κ2) is 6.36. The molecule has 2 saturated heterocycles. The SMILES string of the molecule is Cc1ncsc1CN1C[C@H]2CN(C(=O)C3CCCC3)C[C@@]2(C(=O)O)C1. The van der Waals surface area contributed by atoms with E-state index in [4.69, 9.17) is 0 Å². The van der Waals surface area contributed by atoms with Crippen molar-refractivity contribution in [3.05, 3.63) is 16.1 Å². The first kappa shape index (κ1) is 17.0. The van der Waals surface area contributed by atoms with Crippen molar-refractivity contribution in [3.63, 3.8) is 0 Å². The lowest BCUT2D eigenvalue weighted by molar-refractivity contribution is -0.149. The molecule has 4 rings (SSSR count). The van der Waals surface area contributed by atoms with E-state index in [1.165, 1.54) is 4.88 Å². The molecule has 0 unspecified atom stereocenters. The Kier molecular flexibility index (Phi) is 4.32. The Hall–Kier alpha value is -1.47. The van der Waals surface area contributed by atoms with E-state index >= 15 is 0 Å². The van der Waals surface area contributed by atoms with Crippen LogP contribution in [0.25, 0.3) is 0 Å². The summed E-state index contributed by atoms with van der Waals surface area (Å²) in [6.07, 6.45) is 4.19. The van der Waals surface area contributed by atoms with Crippen molar-refractivity contribution in [2.24, 2.45) is 17.3 Å². The fourth-order valence-electron chi connectivity index (χ4n) is 4.87. The number of carbonyl (C=O) groups excluding carboxylic acids is 1. The number of thiazole rings is 1. The zero-order valence-corrected chi connectivity index (χ0v) is 15.4. The molecule has 0 bridgehead atoms. The molecule has 25 heavy (non-hydrogen) atoms. The molecular formula is C18H25N3O3S. The van der Waals surface area contributed by atoms with E-state index in [0.717, 1.165) is 44.5 Å². The summed E-state index contributed by atoms with van der Waals surface area (Å²) >= 11 is 1.63. The first-order valence-corrected chi connectivity index (χ1v) is 10.0. The largest absolute Gasteiger partial charge is 0.481 e. The summed E-state index contributed by atoms with van der Waals surface area (Å²) in [4.78, 5) is 34.5. The maximum atomic E-state index is 12.7. The average molecular weight is 363 g/mol. The van der Waals surface area contributed by atoms with Crippen LogP contribution in [0.1, 0.15) is 36.3 Å². The summed E-state index contributed by atoms with van der Waals surface area (Å²) in [5.41, 5.74) is 2.08. The van der Waals surface area contributed by atoms with Crippen molar-refractivity contribution in [1.82, 2.24) is 14.8 Å². The van der Waals surface area contributed by atoms with Gasteiger partial charge in [0, 0.05) is 49.4 Å². The monoisotopic (exact) mass is 363 g/mol. The average Bonchev–Trinajstić information content (AvgIpc) is 3.31. The number of rotatable bonds is 4. The van der Waals surface area contributed by atoms with Gasteiger partial charge in [0.25, 0.3) is 0 Å². The van der Waals surface area contributed by atoms with Crippen molar-refractivity contribution >= 4 is 23.2 Å². The zero-order valence-electron chi connectivity index (χ0n) is 14.6. The maximum Gasteiger partial charge on any atom is 0.313 e. The van der Waals surface area contributed by atoms with Crippen LogP contribution in [0, 0.1) is 24.2 Å². The topological polar surface area (TPSA) is 73.7 Å². The molecule has 1 saturated carbocycles. The molecule has 136 valence electrons. The summed E-state index contributed by atoms with van der Waals surface area (Å²) in [5.74, 6) is -0.399. The van der Waals surface area contributed by atoms with Gasteiger partial charge >= 0.3 is 5.97 Å². The van der Waals surface area contributed by atoms with Gasteiger partial charge < -0.3 is 10.0 Å². The number of hydrogen-bond donors (Lipinski definition) is 1. The lowest BCUT2D eigenvalue weighted by Gasteiger charge is -2.26. The molecule has 1 aliphatic carbocycles. The highest BCUT2D eigenvalue weighted by Gasteiger charge is 2.58. The number of carboxylic acid groups (broad SMARTS) is 1. The van der Waals surface area contributed by atoms with Gasteiger partial charge in [-0.05, 0) is 19.8 Å². The number of aromatic nitrogens is 1. The highest BCUT2D eigenvalue weighted by molar-refractivity contribution is 7.09. The third-order valence-electron chi connectivity index (χ3n) is 6.33. The molecule has 2 aliphatic heterocycles. The van der Waals surface area contributed by atoms with Crippen molar-refractivity contribution in [3.8, 4) is 0 Å². The number of aryl methyl sites for hydroxylation is 1. The van der Waals surface area contributed by atoms with Crippen LogP contribution in [-0.4, -0.2) is 57.9 Å². The summed E-state index contributed by atoms with van der Waals surface area (Å²) < 4.78 is 0. The summed E-state index contributed by atoms with van der Waals surface area (Å²) in [6.45, 7) is 5.01. The van der Waals surface area contributed by atoms with E-state index in [0.29, 0.717) is 19.6 Å². The number of carboxylic acids is 1. The number of amides is 1. The van der Waals surface area contributed by atoms with Crippen molar-refractivity contribution < 1.29 is 14.7 Å². The number of nitrogens with zero attached hydrogens (tertiary/aromatic N) is 3. The van der Waals surface area contributed by atoms with Crippen molar-refractivity contribution in [2.45, 2.75) is 39.2 Å². The zero-order chi connectivity index (χ0) is 17.6. The Balaban J connectivity index is 1.47. The highest BCUT2D eigenvalue weighted by Crippen LogP contribution is 2.44.